The maximum Gasteiger partial charge on any atom is 0.242 e. The van der Waals surface area contributed by atoms with E-state index in [9.17, 15) is 18.0 Å². The molecule has 2 rings (SSSR count). The van der Waals surface area contributed by atoms with Crippen LogP contribution in [0.25, 0.3) is 0 Å². The third-order valence-corrected chi connectivity index (χ3v) is 7.44. The molecule has 0 aliphatic heterocycles. The molecule has 10 heteroatoms. The number of carbonyl (C=O) groups excluding carboxylic acids is 2. The molecule has 0 spiro atoms. The van der Waals surface area contributed by atoms with Crippen LogP contribution in [-0.4, -0.2) is 50.5 Å². The summed E-state index contributed by atoms with van der Waals surface area (Å²) in [7, 11) is -3.54. The van der Waals surface area contributed by atoms with Crippen molar-refractivity contribution in [2.75, 3.05) is 23.7 Å². The number of hydrogen-bond donors (Lipinski definition) is 1. The first-order valence-corrected chi connectivity index (χ1v) is 14.2. The highest BCUT2D eigenvalue weighted by atomic mass is 35.5. The van der Waals surface area contributed by atoms with Crippen LogP contribution in [0.15, 0.2) is 42.5 Å². The number of rotatable bonds is 12. The molecule has 0 aromatic heterocycles. The smallest absolute Gasteiger partial charge is 0.242 e. The van der Waals surface area contributed by atoms with E-state index in [1.165, 1.54) is 9.21 Å². The van der Waals surface area contributed by atoms with Crippen molar-refractivity contribution in [1.29, 1.82) is 0 Å². The molecule has 0 bridgehead atoms. The SMILES string of the molecule is CCNC(=O)[C@@H](C)N(Cc1ccc(Cl)cc1Cl)C(=O)CCCN(c1ccc(CC)cc1)S(C)(=O)=O. The van der Waals surface area contributed by atoms with Gasteiger partial charge in [-0.15, -0.1) is 0 Å². The van der Waals surface area contributed by atoms with Crippen LogP contribution in [0.3, 0.4) is 0 Å². The van der Waals surface area contributed by atoms with Crippen molar-refractivity contribution in [3.63, 3.8) is 0 Å². The molecule has 2 aromatic carbocycles. The van der Waals surface area contributed by atoms with Crippen molar-refractivity contribution in [2.45, 2.75) is 52.6 Å². The molecule has 1 N–H and O–H groups in total. The van der Waals surface area contributed by atoms with Crippen molar-refractivity contribution in [2.24, 2.45) is 0 Å². The highest BCUT2D eigenvalue weighted by Crippen LogP contribution is 2.24. The predicted octanol–water partition coefficient (Wildman–Crippen LogP) is 4.66. The lowest BCUT2D eigenvalue weighted by molar-refractivity contribution is -0.140. The molecule has 0 fully saturated rings. The summed E-state index contributed by atoms with van der Waals surface area (Å²) in [6, 6.07) is 11.6. The Morgan fingerprint density at radius 2 is 1.71 bits per heavy atom. The number of nitrogens with zero attached hydrogens (tertiary/aromatic N) is 2. The van der Waals surface area contributed by atoms with Gasteiger partial charge in [0.2, 0.25) is 21.8 Å². The number of sulfonamides is 1. The molecule has 0 heterocycles. The van der Waals surface area contributed by atoms with Crippen LogP contribution < -0.4 is 9.62 Å². The van der Waals surface area contributed by atoms with Gasteiger partial charge in [0.25, 0.3) is 0 Å². The standard InChI is InChI=1S/C25H33Cl2N3O4S/c1-5-19-9-13-22(14-10-19)30(35(4,33)34)15-7-8-24(31)29(18(3)25(32)28-6-2)17-20-11-12-21(26)16-23(20)27/h9-14,16,18H,5-8,15,17H2,1-4H3,(H,28,32)/t18-/m1/s1. The summed E-state index contributed by atoms with van der Waals surface area (Å²) in [6.45, 7) is 6.19. The Morgan fingerprint density at radius 3 is 2.26 bits per heavy atom. The van der Waals surface area contributed by atoms with E-state index in [2.05, 4.69) is 5.32 Å². The first-order valence-electron chi connectivity index (χ1n) is 11.6. The average molecular weight is 543 g/mol. The van der Waals surface area contributed by atoms with Gasteiger partial charge in [-0.25, -0.2) is 8.42 Å². The Kier molecular flexibility index (Phi) is 10.9. The summed E-state index contributed by atoms with van der Waals surface area (Å²) in [5.74, 6) is -0.552. The quantitative estimate of drug-likeness (QED) is 0.423. The molecule has 0 aliphatic rings. The second kappa shape index (κ2) is 13.1. The number of benzene rings is 2. The molecular formula is C25H33Cl2N3O4S. The average Bonchev–Trinajstić information content (AvgIpc) is 2.80. The summed E-state index contributed by atoms with van der Waals surface area (Å²) >= 11 is 12.3. The fourth-order valence-electron chi connectivity index (χ4n) is 3.64. The maximum atomic E-state index is 13.2. The molecule has 0 aliphatic carbocycles. The minimum Gasteiger partial charge on any atom is -0.355 e. The normalized spacial score (nSPS) is 12.2. The van der Waals surface area contributed by atoms with Crippen molar-refractivity contribution < 1.29 is 18.0 Å². The van der Waals surface area contributed by atoms with Crippen LogP contribution in [0, 0.1) is 0 Å². The lowest BCUT2D eigenvalue weighted by atomic mass is 10.1. The van der Waals surface area contributed by atoms with E-state index in [4.69, 9.17) is 23.2 Å². The lowest BCUT2D eigenvalue weighted by Crippen LogP contribution is -2.47. The first-order chi connectivity index (χ1) is 16.5. The van der Waals surface area contributed by atoms with E-state index in [-0.39, 0.29) is 37.7 Å². The minimum absolute atomic E-state index is 0.0635. The number of anilines is 1. The third-order valence-electron chi connectivity index (χ3n) is 5.66. The molecule has 0 saturated heterocycles. The van der Waals surface area contributed by atoms with Crippen molar-refractivity contribution in [3.8, 4) is 0 Å². The summed E-state index contributed by atoms with van der Waals surface area (Å²) in [5.41, 5.74) is 2.32. The van der Waals surface area contributed by atoms with Gasteiger partial charge in [0.15, 0.2) is 0 Å². The molecule has 7 nitrogen and oxygen atoms in total. The number of hydrogen-bond acceptors (Lipinski definition) is 4. The summed E-state index contributed by atoms with van der Waals surface area (Å²) in [5, 5.41) is 3.61. The van der Waals surface area contributed by atoms with E-state index in [0.717, 1.165) is 18.2 Å². The van der Waals surface area contributed by atoms with E-state index in [0.29, 0.717) is 27.8 Å². The highest BCUT2D eigenvalue weighted by Gasteiger charge is 2.27. The minimum atomic E-state index is -3.54. The number of amides is 2. The zero-order valence-corrected chi connectivity index (χ0v) is 22.9. The first kappa shape index (κ1) is 28.9. The number of aryl methyl sites for hydroxylation is 1. The van der Waals surface area contributed by atoms with Crippen LogP contribution in [0.2, 0.25) is 10.0 Å². The fourth-order valence-corrected chi connectivity index (χ4v) is 5.07. The van der Waals surface area contributed by atoms with Crippen LogP contribution in [0.4, 0.5) is 5.69 Å². The van der Waals surface area contributed by atoms with Gasteiger partial charge in [0.05, 0.1) is 11.9 Å². The van der Waals surface area contributed by atoms with Gasteiger partial charge in [-0.05, 0) is 62.1 Å². The summed E-state index contributed by atoms with van der Waals surface area (Å²) < 4.78 is 26.1. The van der Waals surface area contributed by atoms with Crippen molar-refractivity contribution in [1.82, 2.24) is 10.2 Å². The second-order valence-electron chi connectivity index (χ2n) is 8.29. The van der Waals surface area contributed by atoms with E-state index < -0.39 is 16.1 Å². The number of nitrogens with one attached hydrogen (secondary N) is 1. The van der Waals surface area contributed by atoms with Gasteiger partial charge in [-0.1, -0.05) is 48.3 Å². The number of likely N-dealkylation sites (N-methyl/N-ethyl adjacent to an activating group) is 1. The zero-order chi connectivity index (χ0) is 26.2. The van der Waals surface area contributed by atoms with Gasteiger partial charge < -0.3 is 10.2 Å². The summed E-state index contributed by atoms with van der Waals surface area (Å²) in [4.78, 5) is 27.2. The fraction of sp³-hybridized carbons (Fsp3) is 0.440. The van der Waals surface area contributed by atoms with Crippen LogP contribution in [0.1, 0.15) is 44.7 Å². The molecular weight excluding hydrogens is 509 g/mol. The van der Waals surface area contributed by atoms with Gasteiger partial charge in [0.1, 0.15) is 6.04 Å². The molecule has 192 valence electrons. The van der Waals surface area contributed by atoms with E-state index in [1.807, 2.05) is 19.1 Å². The molecule has 0 unspecified atom stereocenters. The molecule has 2 amide bonds. The Morgan fingerprint density at radius 1 is 1.06 bits per heavy atom. The molecule has 0 radical (unpaired) electrons. The molecule has 35 heavy (non-hydrogen) atoms. The van der Waals surface area contributed by atoms with E-state index >= 15 is 0 Å². The summed E-state index contributed by atoms with van der Waals surface area (Å²) in [6.07, 6.45) is 2.35. The monoisotopic (exact) mass is 541 g/mol. The largest absolute Gasteiger partial charge is 0.355 e. The Bertz CT molecular complexity index is 1120. The molecule has 1 atom stereocenters. The predicted molar refractivity (Wildman–Crippen MR) is 142 cm³/mol. The molecule has 2 aromatic rings. The number of halogens is 2. The van der Waals surface area contributed by atoms with Gasteiger partial charge >= 0.3 is 0 Å². The van der Waals surface area contributed by atoms with Crippen LogP contribution >= 0.6 is 23.2 Å². The Balaban J connectivity index is 2.18. The van der Waals surface area contributed by atoms with Gasteiger partial charge in [-0.3, -0.25) is 13.9 Å². The Labute approximate surface area is 218 Å². The van der Waals surface area contributed by atoms with Crippen molar-refractivity contribution >= 4 is 50.7 Å². The van der Waals surface area contributed by atoms with Crippen molar-refractivity contribution in [3.05, 3.63) is 63.6 Å². The topological polar surface area (TPSA) is 86.8 Å². The zero-order valence-electron chi connectivity index (χ0n) is 20.6. The lowest BCUT2D eigenvalue weighted by Gasteiger charge is -2.29. The van der Waals surface area contributed by atoms with Gasteiger partial charge in [-0.2, -0.15) is 0 Å². The van der Waals surface area contributed by atoms with Crippen LogP contribution in [0.5, 0.6) is 0 Å². The van der Waals surface area contributed by atoms with E-state index in [1.54, 1.807) is 44.2 Å². The molecule has 0 saturated carbocycles. The number of carbonyl (C=O) groups is 2. The highest BCUT2D eigenvalue weighted by molar-refractivity contribution is 7.92. The Hall–Kier alpha value is -2.29. The van der Waals surface area contributed by atoms with Crippen LogP contribution in [-0.2, 0) is 32.6 Å². The second-order valence-corrected chi connectivity index (χ2v) is 11.0. The van der Waals surface area contributed by atoms with Gasteiger partial charge in [0, 0.05) is 36.1 Å². The third kappa shape index (κ3) is 8.40. The maximum absolute atomic E-state index is 13.2.